The Morgan fingerprint density at radius 2 is 1.78 bits per heavy atom. The second-order valence-electron chi connectivity index (χ2n) is 6.83. The Morgan fingerprint density at radius 1 is 1.22 bits per heavy atom. The van der Waals surface area contributed by atoms with Crippen molar-refractivity contribution in [3.8, 4) is 0 Å². The van der Waals surface area contributed by atoms with E-state index in [4.69, 9.17) is 4.74 Å². The van der Waals surface area contributed by atoms with Gasteiger partial charge in [-0.05, 0) is 39.7 Å². The predicted octanol–water partition coefficient (Wildman–Crippen LogP) is 2.71. The molecule has 0 aromatic heterocycles. The van der Waals surface area contributed by atoms with E-state index in [0.717, 1.165) is 5.56 Å². The molecule has 5 heteroatoms. The zero-order chi connectivity index (χ0) is 17.6. The summed E-state index contributed by atoms with van der Waals surface area (Å²) in [4.78, 5) is 23.6. The molecule has 2 N–H and O–H groups in total. The SMILES string of the molecule is CC(=O)[C@H](C)[C@@H](O)[C@H](Cc1ccccc1)NC(=O)OC(C)(C)C. The molecule has 1 amide bonds. The number of carbonyl (C=O) groups excluding carboxylic acids is 2. The van der Waals surface area contributed by atoms with Gasteiger partial charge in [-0.2, -0.15) is 0 Å². The molecule has 0 aliphatic rings. The number of benzene rings is 1. The fraction of sp³-hybridized carbons (Fsp3) is 0.556. The molecule has 0 fully saturated rings. The summed E-state index contributed by atoms with van der Waals surface area (Å²) in [7, 11) is 0. The number of hydrogen-bond donors (Lipinski definition) is 2. The number of Topliss-reactive ketones (excluding diaryl/α,β-unsaturated/α-hetero) is 1. The molecule has 0 radical (unpaired) electrons. The van der Waals surface area contributed by atoms with Crippen molar-refractivity contribution in [3.05, 3.63) is 35.9 Å². The molecule has 0 bridgehead atoms. The first-order chi connectivity index (χ1) is 10.6. The number of aliphatic hydroxyl groups excluding tert-OH is 1. The maximum absolute atomic E-state index is 12.0. The highest BCUT2D eigenvalue weighted by atomic mass is 16.6. The van der Waals surface area contributed by atoms with Crippen molar-refractivity contribution in [2.24, 2.45) is 5.92 Å². The van der Waals surface area contributed by atoms with Gasteiger partial charge < -0.3 is 15.2 Å². The van der Waals surface area contributed by atoms with Crippen LogP contribution < -0.4 is 5.32 Å². The third-order valence-corrected chi connectivity index (χ3v) is 3.57. The standard InChI is InChI=1S/C18H27NO4/c1-12(13(2)20)16(21)15(11-14-9-7-6-8-10-14)19-17(22)23-18(3,4)5/h6-10,12,15-16,21H,11H2,1-5H3,(H,19,22)/t12-,15-,16+/m0/s1. The highest BCUT2D eigenvalue weighted by Crippen LogP contribution is 2.15. The molecule has 0 spiro atoms. The van der Waals surface area contributed by atoms with Gasteiger partial charge in [-0.1, -0.05) is 37.3 Å². The van der Waals surface area contributed by atoms with Crippen molar-refractivity contribution >= 4 is 11.9 Å². The van der Waals surface area contributed by atoms with Crippen LogP contribution in [0.2, 0.25) is 0 Å². The van der Waals surface area contributed by atoms with E-state index in [1.807, 2.05) is 30.3 Å². The number of nitrogens with one attached hydrogen (secondary N) is 1. The van der Waals surface area contributed by atoms with Crippen molar-refractivity contribution in [2.75, 3.05) is 0 Å². The molecular formula is C18H27NO4. The molecule has 5 nitrogen and oxygen atoms in total. The fourth-order valence-corrected chi connectivity index (χ4v) is 2.17. The Morgan fingerprint density at radius 3 is 2.26 bits per heavy atom. The second-order valence-corrected chi connectivity index (χ2v) is 6.83. The van der Waals surface area contributed by atoms with Crippen LogP contribution in [0.1, 0.15) is 40.2 Å². The molecule has 1 rings (SSSR count). The number of hydrogen-bond acceptors (Lipinski definition) is 4. The van der Waals surface area contributed by atoms with Gasteiger partial charge in [-0.15, -0.1) is 0 Å². The van der Waals surface area contributed by atoms with Gasteiger partial charge in [-0.25, -0.2) is 4.79 Å². The van der Waals surface area contributed by atoms with E-state index in [1.54, 1.807) is 27.7 Å². The number of aliphatic hydroxyl groups is 1. The number of carbonyl (C=O) groups is 2. The molecule has 1 aromatic carbocycles. The van der Waals surface area contributed by atoms with E-state index < -0.39 is 29.8 Å². The van der Waals surface area contributed by atoms with E-state index in [-0.39, 0.29) is 5.78 Å². The smallest absolute Gasteiger partial charge is 0.407 e. The van der Waals surface area contributed by atoms with Gasteiger partial charge in [0.1, 0.15) is 11.4 Å². The van der Waals surface area contributed by atoms with Crippen molar-refractivity contribution in [3.63, 3.8) is 0 Å². The van der Waals surface area contributed by atoms with Crippen LogP contribution in [-0.2, 0) is 16.0 Å². The molecule has 0 saturated heterocycles. The monoisotopic (exact) mass is 321 g/mol. The van der Waals surface area contributed by atoms with Gasteiger partial charge in [0.05, 0.1) is 12.1 Å². The third-order valence-electron chi connectivity index (χ3n) is 3.57. The average molecular weight is 321 g/mol. The Bertz CT molecular complexity index is 522. The number of alkyl carbamates (subject to hydrolysis) is 1. The summed E-state index contributed by atoms with van der Waals surface area (Å²) in [5.74, 6) is -0.694. The maximum Gasteiger partial charge on any atom is 0.407 e. The van der Waals surface area contributed by atoms with Crippen LogP contribution in [0.25, 0.3) is 0 Å². The Kier molecular flexibility index (Phi) is 6.76. The number of ketones is 1. The molecule has 0 unspecified atom stereocenters. The Hall–Kier alpha value is -1.88. The number of rotatable bonds is 6. The minimum atomic E-state index is -0.986. The summed E-state index contributed by atoms with van der Waals surface area (Å²) in [6, 6.07) is 8.89. The summed E-state index contributed by atoms with van der Waals surface area (Å²) in [5, 5.41) is 13.2. The van der Waals surface area contributed by atoms with Gasteiger partial charge in [0.25, 0.3) is 0 Å². The highest BCUT2D eigenvalue weighted by molar-refractivity contribution is 5.78. The molecular weight excluding hydrogens is 294 g/mol. The third kappa shape index (κ3) is 6.82. The van der Waals surface area contributed by atoms with Crippen LogP contribution >= 0.6 is 0 Å². The predicted molar refractivity (Wildman–Crippen MR) is 89.2 cm³/mol. The van der Waals surface area contributed by atoms with Gasteiger partial charge in [0.2, 0.25) is 0 Å². The topological polar surface area (TPSA) is 75.6 Å². The van der Waals surface area contributed by atoms with Crippen molar-refractivity contribution in [1.29, 1.82) is 0 Å². The molecule has 23 heavy (non-hydrogen) atoms. The van der Waals surface area contributed by atoms with Gasteiger partial charge in [0, 0.05) is 5.92 Å². The second kappa shape index (κ2) is 8.11. The highest BCUT2D eigenvalue weighted by Gasteiger charge is 2.30. The summed E-state index contributed by atoms with van der Waals surface area (Å²) >= 11 is 0. The maximum atomic E-state index is 12.0. The molecule has 0 aliphatic carbocycles. The van der Waals surface area contributed by atoms with Crippen LogP contribution in [-0.4, -0.2) is 34.7 Å². The molecule has 0 aliphatic heterocycles. The van der Waals surface area contributed by atoms with Crippen LogP contribution in [0.15, 0.2) is 30.3 Å². The van der Waals surface area contributed by atoms with E-state index in [2.05, 4.69) is 5.32 Å². The lowest BCUT2D eigenvalue weighted by molar-refractivity contribution is -0.124. The van der Waals surface area contributed by atoms with Crippen molar-refractivity contribution in [1.82, 2.24) is 5.32 Å². The lowest BCUT2D eigenvalue weighted by Crippen LogP contribution is -2.49. The van der Waals surface area contributed by atoms with Gasteiger partial charge >= 0.3 is 6.09 Å². The zero-order valence-electron chi connectivity index (χ0n) is 14.5. The lowest BCUT2D eigenvalue weighted by atomic mass is 9.91. The van der Waals surface area contributed by atoms with Crippen LogP contribution in [0.3, 0.4) is 0 Å². The van der Waals surface area contributed by atoms with Crippen molar-refractivity contribution in [2.45, 2.75) is 58.8 Å². The summed E-state index contributed by atoms with van der Waals surface area (Å²) in [6.07, 6.45) is -1.17. The van der Waals surface area contributed by atoms with E-state index in [0.29, 0.717) is 6.42 Å². The van der Waals surface area contributed by atoms with Gasteiger partial charge in [-0.3, -0.25) is 4.79 Å². The first kappa shape index (κ1) is 19.2. The summed E-state index contributed by atoms with van der Waals surface area (Å²) in [6.45, 7) is 8.40. The molecule has 128 valence electrons. The van der Waals surface area contributed by atoms with E-state index >= 15 is 0 Å². The molecule has 0 heterocycles. The first-order valence-corrected chi connectivity index (χ1v) is 7.82. The number of ether oxygens (including phenoxy) is 1. The quantitative estimate of drug-likeness (QED) is 0.844. The van der Waals surface area contributed by atoms with E-state index in [9.17, 15) is 14.7 Å². The first-order valence-electron chi connectivity index (χ1n) is 7.82. The zero-order valence-corrected chi connectivity index (χ0v) is 14.5. The molecule has 0 saturated carbocycles. The summed E-state index contributed by atoms with van der Waals surface area (Å²) < 4.78 is 5.25. The van der Waals surface area contributed by atoms with Crippen LogP contribution in [0, 0.1) is 5.92 Å². The largest absolute Gasteiger partial charge is 0.444 e. The van der Waals surface area contributed by atoms with E-state index in [1.165, 1.54) is 6.92 Å². The normalized spacial score (nSPS) is 15.4. The summed E-state index contributed by atoms with van der Waals surface area (Å²) in [5.41, 5.74) is 0.335. The fourth-order valence-electron chi connectivity index (χ4n) is 2.17. The van der Waals surface area contributed by atoms with Crippen molar-refractivity contribution < 1.29 is 19.4 Å². The Balaban J connectivity index is 2.87. The van der Waals surface area contributed by atoms with Gasteiger partial charge in [0.15, 0.2) is 0 Å². The molecule has 1 aromatic rings. The lowest BCUT2D eigenvalue weighted by Gasteiger charge is -2.29. The Labute approximate surface area is 138 Å². The minimum absolute atomic E-state index is 0.124. The van der Waals surface area contributed by atoms with Crippen LogP contribution in [0.5, 0.6) is 0 Å². The average Bonchev–Trinajstić information content (AvgIpc) is 2.44. The van der Waals surface area contributed by atoms with Crippen LogP contribution in [0.4, 0.5) is 4.79 Å². The minimum Gasteiger partial charge on any atom is -0.444 e. The number of amides is 1. The molecule has 3 atom stereocenters.